The highest BCUT2D eigenvalue weighted by molar-refractivity contribution is 7.98. The van der Waals surface area contributed by atoms with Gasteiger partial charge in [0.1, 0.15) is 5.76 Å². The Labute approximate surface area is 125 Å². The lowest BCUT2D eigenvalue weighted by atomic mass is 10.3. The minimum Gasteiger partial charge on any atom is -0.360 e. The third kappa shape index (κ3) is 2.89. The molecule has 0 aliphatic carbocycles. The van der Waals surface area contributed by atoms with Crippen LogP contribution in [0.5, 0.6) is 0 Å². The Kier molecular flexibility index (Phi) is 3.80. The highest BCUT2D eigenvalue weighted by Gasteiger charge is 2.08. The molecule has 102 valence electrons. The first-order chi connectivity index (χ1) is 9.72. The molecular formula is C14H12ClN3OS. The summed E-state index contributed by atoms with van der Waals surface area (Å²) in [7, 11) is 0. The second kappa shape index (κ2) is 5.73. The fourth-order valence-electron chi connectivity index (χ4n) is 1.81. The van der Waals surface area contributed by atoms with E-state index in [-0.39, 0.29) is 0 Å². The molecule has 3 aromatic rings. The number of hydrogen-bond donors (Lipinski definition) is 0. The van der Waals surface area contributed by atoms with Gasteiger partial charge in [-0.3, -0.25) is 4.57 Å². The molecule has 0 spiro atoms. The highest BCUT2D eigenvalue weighted by Crippen LogP contribution is 2.25. The predicted molar refractivity (Wildman–Crippen MR) is 79.4 cm³/mol. The molecule has 6 heteroatoms. The molecule has 0 unspecified atom stereocenters. The van der Waals surface area contributed by atoms with Crippen molar-refractivity contribution in [3.05, 3.63) is 59.2 Å². The Morgan fingerprint density at radius 1 is 1.30 bits per heavy atom. The van der Waals surface area contributed by atoms with E-state index in [1.165, 1.54) is 0 Å². The van der Waals surface area contributed by atoms with Gasteiger partial charge in [0.05, 0.1) is 11.4 Å². The predicted octanol–water partition coefficient (Wildman–Crippen LogP) is 4.11. The number of benzene rings is 1. The van der Waals surface area contributed by atoms with Crippen LogP contribution in [0.4, 0.5) is 0 Å². The number of imidazole rings is 1. The van der Waals surface area contributed by atoms with E-state index in [2.05, 4.69) is 10.1 Å². The smallest absolute Gasteiger partial charge is 0.173 e. The fraction of sp³-hybridized carbons (Fsp3) is 0.143. The summed E-state index contributed by atoms with van der Waals surface area (Å²) in [6.45, 7) is 1.91. The van der Waals surface area contributed by atoms with Crippen molar-refractivity contribution in [3.8, 4) is 5.69 Å². The first-order valence-corrected chi connectivity index (χ1v) is 7.43. The van der Waals surface area contributed by atoms with E-state index >= 15 is 0 Å². The number of aryl methyl sites for hydroxylation is 1. The third-order valence-corrected chi connectivity index (χ3v) is 3.97. The van der Waals surface area contributed by atoms with Crippen LogP contribution >= 0.6 is 23.4 Å². The molecule has 0 atom stereocenters. The maximum absolute atomic E-state index is 5.91. The van der Waals surface area contributed by atoms with E-state index in [1.807, 2.05) is 48.0 Å². The molecule has 0 aliphatic rings. The van der Waals surface area contributed by atoms with Crippen molar-refractivity contribution in [2.24, 2.45) is 0 Å². The van der Waals surface area contributed by atoms with Gasteiger partial charge in [0.15, 0.2) is 5.16 Å². The molecule has 3 rings (SSSR count). The van der Waals surface area contributed by atoms with E-state index in [0.717, 1.165) is 27.3 Å². The monoisotopic (exact) mass is 305 g/mol. The second-order valence-electron chi connectivity index (χ2n) is 4.28. The molecule has 0 saturated carbocycles. The molecule has 0 amide bonds. The van der Waals surface area contributed by atoms with Gasteiger partial charge in [-0.2, -0.15) is 0 Å². The minimum atomic E-state index is 0.700. The molecule has 2 heterocycles. The van der Waals surface area contributed by atoms with Crippen molar-refractivity contribution >= 4 is 23.4 Å². The normalized spacial score (nSPS) is 10.9. The second-order valence-corrected chi connectivity index (χ2v) is 5.66. The van der Waals surface area contributed by atoms with Crippen LogP contribution in [-0.4, -0.2) is 14.7 Å². The maximum Gasteiger partial charge on any atom is 0.173 e. The van der Waals surface area contributed by atoms with Crippen molar-refractivity contribution in [1.82, 2.24) is 14.7 Å². The summed E-state index contributed by atoms with van der Waals surface area (Å²) in [5.74, 6) is 1.55. The maximum atomic E-state index is 5.91. The lowest BCUT2D eigenvalue weighted by molar-refractivity contribution is 0.391. The van der Waals surface area contributed by atoms with E-state index in [4.69, 9.17) is 16.1 Å². The number of nitrogens with zero attached hydrogens (tertiary/aromatic N) is 3. The molecule has 4 nitrogen and oxygen atoms in total. The summed E-state index contributed by atoms with van der Waals surface area (Å²) in [6.07, 6.45) is 3.71. The van der Waals surface area contributed by atoms with E-state index in [1.54, 1.807) is 18.0 Å². The molecule has 0 saturated heterocycles. The average Bonchev–Trinajstić information content (AvgIpc) is 3.06. The number of aromatic nitrogens is 3. The standard InChI is InChI=1S/C14H12ClN3OS/c1-10-8-13(19-17-10)9-20-14-16-6-7-18(14)12-4-2-11(15)3-5-12/h2-8H,9H2,1H3. The highest BCUT2D eigenvalue weighted by atomic mass is 35.5. The van der Waals surface area contributed by atoms with Crippen LogP contribution in [0, 0.1) is 6.92 Å². The van der Waals surface area contributed by atoms with Crippen molar-refractivity contribution in [2.75, 3.05) is 0 Å². The average molecular weight is 306 g/mol. The van der Waals surface area contributed by atoms with Gasteiger partial charge in [-0.1, -0.05) is 28.5 Å². The van der Waals surface area contributed by atoms with Crippen LogP contribution < -0.4 is 0 Å². The van der Waals surface area contributed by atoms with Crippen LogP contribution in [0.1, 0.15) is 11.5 Å². The van der Waals surface area contributed by atoms with Gasteiger partial charge in [0.25, 0.3) is 0 Å². The zero-order chi connectivity index (χ0) is 13.9. The van der Waals surface area contributed by atoms with Crippen LogP contribution in [-0.2, 0) is 5.75 Å². The third-order valence-electron chi connectivity index (χ3n) is 2.73. The van der Waals surface area contributed by atoms with Crippen LogP contribution in [0.3, 0.4) is 0 Å². The molecule has 0 fully saturated rings. The summed E-state index contributed by atoms with van der Waals surface area (Å²) in [4.78, 5) is 4.37. The number of rotatable bonds is 4. The molecule has 0 aliphatic heterocycles. The lowest BCUT2D eigenvalue weighted by Crippen LogP contribution is -1.94. The van der Waals surface area contributed by atoms with Gasteiger partial charge >= 0.3 is 0 Å². The Morgan fingerprint density at radius 2 is 2.10 bits per heavy atom. The number of hydrogen-bond acceptors (Lipinski definition) is 4. The molecule has 0 bridgehead atoms. The number of halogens is 1. The van der Waals surface area contributed by atoms with Crippen LogP contribution in [0.15, 0.2) is 52.4 Å². The van der Waals surface area contributed by atoms with Gasteiger partial charge in [0, 0.05) is 29.2 Å². The Bertz CT molecular complexity index is 705. The molecule has 0 radical (unpaired) electrons. The lowest BCUT2D eigenvalue weighted by Gasteiger charge is -2.06. The Morgan fingerprint density at radius 3 is 2.80 bits per heavy atom. The van der Waals surface area contributed by atoms with Crippen molar-refractivity contribution < 1.29 is 4.52 Å². The molecule has 2 aromatic heterocycles. The van der Waals surface area contributed by atoms with Gasteiger partial charge in [0.2, 0.25) is 0 Å². The van der Waals surface area contributed by atoms with Gasteiger partial charge in [-0.25, -0.2) is 4.98 Å². The van der Waals surface area contributed by atoms with E-state index < -0.39 is 0 Å². The van der Waals surface area contributed by atoms with Crippen molar-refractivity contribution in [3.63, 3.8) is 0 Å². The Hall–Kier alpha value is -1.72. The van der Waals surface area contributed by atoms with Crippen LogP contribution in [0.25, 0.3) is 5.69 Å². The quantitative estimate of drug-likeness (QED) is 0.680. The summed E-state index contributed by atoms with van der Waals surface area (Å²) >= 11 is 7.51. The van der Waals surface area contributed by atoms with E-state index in [0.29, 0.717) is 5.75 Å². The van der Waals surface area contributed by atoms with Crippen molar-refractivity contribution in [1.29, 1.82) is 0 Å². The van der Waals surface area contributed by atoms with Crippen molar-refractivity contribution in [2.45, 2.75) is 17.8 Å². The Balaban J connectivity index is 1.78. The summed E-state index contributed by atoms with van der Waals surface area (Å²) in [6, 6.07) is 9.60. The summed E-state index contributed by atoms with van der Waals surface area (Å²) in [5, 5.41) is 5.50. The van der Waals surface area contributed by atoms with Crippen LogP contribution in [0.2, 0.25) is 5.02 Å². The first-order valence-electron chi connectivity index (χ1n) is 6.06. The zero-order valence-corrected chi connectivity index (χ0v) is 12.4. The fourth-order valence-corrected chi connectivity index (χ4v) is 2.79. The number of thioether (sulfide) groups is 1. The van der Waals surface area contributed by atoms with Gasteiger partial charge in [-0.15, -0.1) is 0 Å². The van der Waals surface area contributed by atoms with Gasteiger partial charge in [-0.05, 0) is 31.2 Å². The summed E-state index contributed by atoms with van der Waals surface area (Å²) < 4.78 is 7.22. The SMILES string of the molecule is Cc1cc(CSc2nccn2-c2ccc(Cl)cc2)on1. The first kappa shape index (κ1) is 13.3. The van der Waals surface area contributed by atoms with E-state index in [9.17, 15) is 0 Å². The summed E-state index contributed by atoms with van der Waals surface area (Å²) in [5.41, 5.74) is 1.92. The zero-order valence-electron chi connectivity index (χ0n) is 10.8. The molecule has 20 heavy (non-hydrogen) atoms. The van der Waals surface area contributed by atoms with Gasteiger partial charge < -0.3 is 4.52 Å². The molecular weight excluding hydrogens is 294 g/mol. The molecule has 0 N–H and O–H groups in total. The molecule has 1 aromatic carbocycles. The topological polar surface area (TPSA) is 43.9 Å². The minimum absolute atomic E-state index is 0.700. The largest absolute Gasteiger partial charge is 0.360 e.